The lowest BCUT2D eigenvalue weighted by atomic mass is 10.1. The number of carbonyl (C=O) groups is 2. The van der Waals surface area contributed by atoms with Crippen molar-refractivity contribution < 1.29 is 32.2 Å². The first kappa shape index (κ1) is 19.7. The molecule has 2 heterocycles. The Morgan fingerprint density at radius 3 is 2.57 bits per heavy atom. The zero-order valence-electron chi connectivity index (χ0n) is 14.9. The van der Waals surface area contributed by atoms with Crippen LogP contribution in [0.1, 0.15) is 26.4 Å². The van der Waals surface area contributed by atoms with Crippen molar-refractivity contribution in [2.24, 2.45) is 0 Å². The van der Waals surface area contributed by atoms with Crippen LogP contribution in [0.3, 0.4) is 0 Å². The fourth-order valence-electron chi connectivity index (χ4n) is 2.63. The van der Waals surface area contributed by atoms with Gasteiger partial charge in [0.05, 0.1) is 5.56 Å². The highest BCUT2D eigenvalue weighted by molar-refractivity contribution is 7.13. The van der Waals surface area contributed by atoms with Gasteiger partial charge in [0.2, 0.25) is 6.79 Å². The van der Waals surface area contributed by atoms with E-state index in [-0.39, 0.29) is 28.6 Å². The number of ether oxygens (including phenoxy) is 2. The van der Waals surface area contributed by atoms with Crippen LogP contribution in [0.2, 0.25) is 0 Å². The third kappa shape index (κ3) is 4.06. The number of thiazole rings is 1. The summed E-state index contributed by atoms with van der Waals surface area (Å²) in [5.74, 6) is -0.368. The molecular weight excluding hydrogens is 423 g/mol. The van der Waals surface area contributed by atoms with Crippen LogP contribution in [0.25, 0.3) is 10.6 Å². The Labute approximate surface area is 171 Å². The van der Waals surface area contributed by atoms with Gasteiger partial charge in [0.15, 0.2) is 11.5 Å². The largest absolute Gasteiger partial charge is 0.454 e. The molecule has 4 rings (SSSR count). The third-order valence-corrected chi connectivity index (χ3v) is 4.99. The summed E-state index contributed by atoms with van der Waals surface area (Å²) in [6.07, 6.45) is -4.48. The maximum absolute atomic E-state index is 12.9. The van der Waals surface area contributed by atoms with Crippen LogP contribution < -0.4 is 20.3 Å². The predicted molar refractivity (Wildman–Crippen MR) is 100 cm³/mol. The molecule has 0 atom stereocenters. The van der Waals surface area contributed by atoms with Crippen molar-refractivity contribution in [2.75, 3.05) is 6.79 Å². The van der Waals surface area contributed by atoms with Gasteiger partial charge in [-0.1, -0.05) is 12.1 Å². The predicted octanol–water partition coefficient (Wildman–Crippen LogP) is 3.63. The Hall–Kier alpha value is -3.60. The van der Waals surface area contributed by atoms with Crippen molar-refractivity contribution in [1.82, 2.24) is 15.8 Å². The zero-order valence-corrected chi connectivity index (χ0v) is 15.8. The second-order valence-electron chi connectivity index (χ2n) is 6.09. The summed E-state index contributed by atoms with van der Waals surface area (Å²) in [5.41, 5.74) is 4.09. The molecule has 0 spiro atoms. The fourth-order valence-corrected chi connectivity index (χ4v) is 3.42. The van der Waals surface area contributed by atoms with Gasteiger partial charge in [-0.15, -0.1) is 11.3 Å². The second kappa shape index (κ2) is 7.67. The van der Waals surface area contributed by atoms with Gasteiger partial charge in [-0.3, -0.25) is 20.4 Å². The summed E-state index contributed by atoms with van der Waals surface area (Å²) >= 11 is 1.01. The van der Waals surface area contributed by atoms with Gasteiger partial charge in [-0.2, -0.15) is 13.2 Å². The average Bonchev–Trinajstić information content (AvgIpc) is 3.40. The van der Waals surface area contributed by atoms with Crippen molar-refractivity contribution in [3.63, 3.8) is 0 Å². The van der Waals surface area contributed by atoms with E-state index in [4.69, 9.17) is 9.47 Å². The van der Waals surface area contributed by atoms with Crippen molar-refractivity contribution in [1.29, 1.82) is 0 Å². The van der Waals surface area contributed by atoms with Crippen LogP contribution in [0.5, 0.6) is 11.5 Å². The molecule has 2 amide bonds. The van der Waals surface area contributed by atoms with E-state index in [1.807, 2.05) is 0 Å². The van der Waals surface area contributed by atoms with Crippen LogP contribution in [0.15, 0.2) is 47.8 Å². The summed E-state index contributed by atoms with van der Waals surface area (Å²) in [4.78, 5) is 28.5. The van der Waals surface area contributed by atoms with E-state index in [0.29, 0.717) is 11.5 Å². The summed E-state index contributed by atoms with van der Waals surface area (Å²) < 4.78 is 49.0. The molecule has 7 nitrogen and oxygen atoms in total. The molecule has 0 bridgehead atoms. The standard InChI is InChI=1S/C19H12F3N3O4S/c20-19(21,22)12-3-1-2-11(6-12)18-23-13(8-30-18)17(27)25-24-16(26)10-4-5-14-15(7-10)29-9-28-14/h1-8H,9H2,(H,24,26)(H,25,27). The summed E-state index contributed by atoms with van der Waals surface area (Å²) in [6.45, 7) is 0.0647. The summed E-state index contributed by atoms with van der Waals surface area (Å²) in [6, 6.07) is 9.20. The normalized spacial score (nSPS) is 12.5. The first-order chi connectivity index (χ1) is 14.3. The Bertz CT molecular complexity index is 1130. The fraction of sp³-hybridized carbons (Fsp3) is 0.105. The minimum absolute atomic E-state index is 0.0431. The number of rotatable bonds is 3. The summed E-state index contributed by atoms with van der Waals surface area (Å²) in [7, 11) is 0. The van der Waals surface area contributed by atoms with Gasteiger partial charge >= 0.3 is 6.18 Å². The number of amides is 2. The highest BCUT2D eigenvalue weighted by atomic mass is 32.1. The lowest BCUT2D eigenvalue weighted by Crippen LogP contribution is -2.41. The van der Waals surface area contributed by atoms with Gasteiger partial charge in [-0.25, -0.2) is 4.98 Å². The number of nitrogens with zero attached hydrogens (tertiary/aromatic N) is 1. The Morgan fingerprint density at radius 1 is 1.00 bits per heavy atom. The van der Waals surface area contributed by atoms with E-state index in [0.717, 1.165) is 23.5 Å². The maximum atomic E-state index is 12.9. The van der Waals surface area contributed by atoms with E-state index in [1.165, 1.54) is 29.6 Å². The Kier molecular flexibility index (Phi) is 5.04. The van der Waals surface area contributed by atoms with E-state index in [2.05, 4.69) is 15.8 Å². The molecule has 1 aliphatic heterocycles. The smallest absolute Gasteiger partial charge is 0.416 e. The molecule has 0 unspecified atom stereocenters. The van der Waals surface area contributed by atoms with Crippen LogP contribution in [0, 0.1) is 0 Å². The molecule has 11 heteroatoms. The van der Waals surface area contributed by atoms with E-state index >= 15 is 0 Å². The molecule has 0 saturated heterocycles. The van der Waals surface area contributed by atoms with Crippen molar-refractivity contribution in [3.05, 3.63) is 64.7 Å². The number of benzene rings is 2. The number of nitrogens with one attached hydrogen (secondary N) is 2. The molecule has 154 valence electrons. The average molecular weight is 435 g/mol. The van der Waals surface area contributed by atoms with Crippen molar-refractivity contribution in [2.45, 2.75) is 6.18 Å². The molecule has 0 saturated carbocycles. The first-order valence-corrected chi connectivity index (χ1v) is 9.33. The zero-order chi connectivity index (χ0) is 21.3. The number of carbonyl (C=O) groups excluding carboxylic acids is 2. The van der Waals surface area contributed by atoms with Crippen LogP contribution in [-0.4, -0.2) is 23.6 Å². The van der Waals surface area contributed by atoms with Crippen LogP contribution in [0.4, 0.5) is 13.2 Å². The second-order valence-corrected chi connectivity index (χ2v) is 6.95. The Balaban J connectivity index is 1.42. The molecule has 3 aromatic rings. The summed E-state index contributed by atoms with van der Waals surface area (Å²) in [5, 5.41) is 1.63. The molecule has 1 aromatic heterocycles. The van der Waals surface area contributed by atoms with Gasteiger partial charge in [-0.05, 0) is 30.3 Å². The maximum Gasteiger partial charge on any atom is 0.416 e. The lowest BCUT2D eigenvalue weighted by molar-refractivity contribution is -0.137. The molecule has 2 aromatic carbocycles. The monoisotopic (exact) mass is 435 g/mol. The highest BCUT2D eigenvalue weighted by Gasteiger charge is 2.30. The Morgan fingerprint density at radius 2 is 1.77 bits per heavy atom. The first-order valence-electron chi connectivity index (χ1n) is 8.45. The van der Waals surface area contributed by atoms with Gasteiger partial charge in [0.1, 0.15) is 10.7 Å². The number of alkyl halides is 3. The number of halogens is 3. The minimum atomic E-state index is -4.48. The number of hydrogen-bond donors (Lipinski definition) is 2. The third-order valence-electron chi connectivity index (χ3n) is 4.10. The number of aromatic nitrogens is 1. The van der Waals surface area contributed by atoms with Crippen LogP contribution in [-0.2, 0) is 6.18 Å². The van der Waals surface area contributed by atoms with E-state index in [1.54, 1.807) is 6.07 Å². The molecule has 0 aliphatic carbocycles. The highest BCUT2D eigenvalue weighted by Crippen LogP contribution is 2.33. The van der Waals surface area contributed by atoms with Crippen molar-refractivity contribution in [3.8, 4) is 22.1 Å². The molecule has 0 fully saturated rings. The SMILES string of the molecule is O=C(NNC(=O)c1csc(-c2cccc(C(F)(F)F)c2)n1)c1ccc2c(c1)OCO2. The molecule has 1 aliphatic rings. The van der Waals surface area contributed by atoms with E-state index < -0.39 is 23.6 Å². The minimum Gasteiger partial charge on any atom is -0.454 e. The van der Waals surface area contributed by atoms with Crippen LogP contribution >= 0.6 is 11.3 Å². The van der Waals surface area contributed by atoms with Crippen molar-refractivity contribution >= 4 is 23.2 Å². The quantitative estimate of drug-likeness (QED) is 0.614. The molecule has 0 radical (unpaired) electrons. The number of hydrogen-bond acceptors (Lipinski definition) is 6. The lowest BCUT2D eigenvalue weighted by Gasteiger charge is -2.07. The van der Waals surface area contributed by atoms with Gasteiger partial charge in [0.25, 0.3) is 11.8 Å². The molecular formula is C19H12F3N3O4S. The van der Waals surface area contributed by atoms with E-state index in [9.17, 15) is 22.8 Å². The topological polar surface area (TPSA) is 89.6 Å². The molecule has 2 N–H and O–H groups in total. The van der Waals surface area contributed by atoms with Gasteiger partial charge < -0.3 is 9.47 Å². The number of hydrazine groups is 1. The number of fused-ring (bicyclic) bond motifs is 1. The molecule has 30 heavy (non-hydrogen) atoms. The van der Waals surface area contributed by atoms with Gasteiger partial charge in [0, 0.05) is 16.5 Å².